The minimum atomic E-state index is -5.55. The Morgan fingerprint density at radius 3 is 1.81 bits per heavy atom. The molecule has 1 amide bonds. The molecule has 3 aromatic rings. The van der Waals surface area contributed by atoms with E-state index in [0.29, 0.717) is 12.1 Å². The van der Waals surface area contributed by atoms with Crippen molar-refractivity contribution in [3.63, 3.8) is 0 Å². The van der Waals surface area contributed by atoms with E-state index in [9.17, 15) is 43.7 Å². The molecule has 3 N–H and O–H groups in total. The molecule has 12 nitrogen and oxygen atoms in total. The minimum Gasteiger partial charge on any atom is -0.744 e. The maximum Gasteiger partial charge on any atom is 1.00 e. The summed E-state index contributed by atoms with van der Waals surface area (Å²) in [5, 5.41) is 0.706. The fraction of sp³-hybridized carbons (Fsp3) is 0. The molecule has 0 heterocycles. The van der Waals surface area contributed by atoms with Crippen molar-refractivity contribution in [2.75, 3.05) is 11.1 Å². The van der Waals surface area contributed by atoms with Crippen molar-refractivity contribution in [1.82, 2.24) is 0 Å². The van der Waals surface area contributed by atoms with Gasteiger partial charge in [-0.2, -0.15) is 0 Å². The van der Waals surface area contributed by atoms with Gasteiger partial charge in [0.2, 0.25) is 0 Å². The summed E-state index contributed by atoms with van der Waals surface area (Å²) in [6, 6.07) is 5.82. The van der Waals surface area contributed by atoms with Gasteiger partial charge in [0, 0.05) is 16.3 Å². The number of hydrogen-bond donors (Lipinski definition) is 2. The Kier molecular flexibility index (Phi) is 13.1. The Labute approximate surface area is 277 Å². The van der Waals surface area contributed by atoms with Crippen molar-refractivity contribution in [2.24, 2.45) is 0 Å². The molecule has 0 spiro atoms. The maximum atomic E-state index is 12.6. The monoisotopic (exact) mass is 602 g/mol. The largest absolute Gasteiger partial charge is 1.00 e. The Morgan fingerprint density at radius 2 is 1.33 bits per heavy atom. The van der Waals surface area contributed by atoms with Crippen LogP contribution in [0.25, 0.3) is 10.8 Å². The number of nitrogen functional groups attached to an aromatic ring is 1. The van der Waals surface area contributed by atoms with E-state index in [1.54, 1.807) is 0 Å². The number of benzene rings is 3. The van der Waals surface area contributed by atoms with Crippen LogP contribution in [0.15, 0.2) is 57.2 Å². The van der Waals surface area contributed by atoms with Crippen LogP contribution < -0.4 is 99.7 Å². The molecule has 0 aliphatic heterocycles. The third-order valence-electron chi connectivity index (χ3n) is 4.35. The van der Waals surface area contributed by atoms with Crippen molar-refractivity contribution >= 4 is 70.0 Å². The second kappa shape index (κ2) is 13.0. The van der Waals surface area contributed by atoms with E-state index in [-0.39, 0.29) is 111 Å². The van der Waals surface area contributed by atoms with Crippen LogP contribution in [0.1, 0.15) is 10.4 Å². The molecule has 0 aliphatic carbocycles. The topological polar surface area (TPSA) is 227 Å². The number of halogens is 1. The van der Waals surface area contributed by atoms with Crippen molar-refractivity contribution in [3.8, 4) is 0 Å². The van der Waals surface area contributed by atoms with Crippen LogP contribution in [0, 0.1) is 0 Å². The Balaban J connectivity index is 0.00000408. The first-order chi connectivity index (χ1) is 15.0. The Morgan fingerprint density at radius 1 is 0.778 bits per heavy atom. The van der Waals surface area contributed by atoms with Crippen LogP contribution in [-0.2, 0) is 30.4 Å². The zero-order valence-corrected chi connectivity index (χ0v) is 28.0. The number of amides is 1. The van der Waals surface area contributed by atoms with Gasteiger partial charge in [-0.1, -0.05) is 11.6 Å². The van der Waals surface area contributed by atoms with Gasteiger partial charge in [-0.25, -0.2) is 25.3 Å². The zero-order valence-electron chi connectivity index (χ0n) is 18.8. The van der Waals surface area contributed by atoms with Crippen molar-refractivity contribution in [2.45, 2.75) is 14.7 Å². The van der Waals surface area contributed by atoms with Crippen molar-refractivity contribution in [1.29, 1.82) is 0 Å². The van der Waals surface area contributed by atoms with Gasteiger partial charge in [-0.05, 0) is 42.5 Å². The number of fused-ring (bicyclic) bond motifs is 1. The molecule has 36 heavy (non-hydrogen) atoms. The van der Waals surface area contributed by atoms with E-state index in [2.05, 4.69) is 5.32 Å². The first-order valence-electron chi connectivity index (χ1n) is 8.35. The third kappa shape index (κ3) is 8.11. The maximum absolute atomic E-state index is 12.6. The van der Waals surface area contributed by atoms with Gasteiger partial charge in [-0.15, -0.1) is 0 Å². The molecule has 176 valence electrons. The molecule has 19 heteroatoms. The van der Waals surface area contributed by atoms with E-state index >= 15 is 0 Å². The van der Waals surface area contributed by atoms with Crippen LogP contribution in [0.4, 0.5) is 11.4 Å². The molecule has 0 saturated carbocycles. The molecule has 0 unspecified atom stereocenters. The summed E-state index contributed by atoms with van der Waals surface area (Å²) in [6.07, 6.45) is 0. The number of carbonyl (C=O) groups excluding carboxylic acids is 1. The first-order valence-corrected chi connectivity index (χ1v) is 13.0. The van der Waals surface area contributed by atoms with Gasteiger partial charge in [0.25, 0.3) is 5.91 Å². The fourth-order valence-electron chi connectivity index (χ4n) is 2.94. The van der Waals surface area contributed by atoms with Crippen LogP contribution in [-0.4, -0.2) is 44.8 Å². The molecule has 3 aromatic carbocycles. The fourth-order valence-corrected chi connectivity index (χ4v) is 5.06. The predicted octanol–water partition coefficient (Wildman–Crippen LogP) is -7.95. The number of carbonyl (C=O) groups is 1. The smallest absolute Gasteiger partial charge is 0.744 e. The van der Waals surface area contributed by atoms with Gasteiger partial charge in [0.1, 0.15) is 30.4 Å². The molecule has 3 rings (SSSR count). The predicted molar refractivity (Wildman–Crippen MR) is 112 cm³/mol. The molecular formula is C17H10ClN2Na3O10S3. The van der Waals surface area contributed by atoms with E-state index in [4.69, 9.17) is 17.3 Å². The number of hydrogen-bond acceptors (Lipinski definition) is 11. The average molecular weight is 603 g/mol. The average Bonchev–Trinajstić information content (AvgIpc) is 2.66. The van der Waals surface area contributed by atoms with E-state index in [1.165, 1.54) is 18.2 Å². The number of nitrogens with one attached hydrogen (secondary N) is 1. The molecule has 0 saturated heterocycles. The molecule has 0 bridgehead atoms. The molecule has 0 atom stereocenters. The SMILES string of the molecule is Nc1cc(C(=O)Nc2ccc(S(=O)(=O)[O-])c3cc(S(=O)(=O)[O-])cc(S(=O)(=O)[O-])c23)ccc1Cl.[Na+].[Na+].[Na+]. The number of nitrogens with two attached hydrogens (primary N) is 1. The molecule has 0 aliphatic rings. The summed E-state index contributed by atoms with van der Waals surface area (Å²) in [5.41, 5.74) is 5.11. The van der Waals surface area contributed by atoms with Crippen molar-refractivity contribution in [3.05, 3.63) is 53.1 Å². The van der Waals surface area contributed by atoms with Gasteiger partial charge in [-0.3, -0.25) is 4.79 Å². The normalized spacial score (nSPS) is 11.6. The summed E-state index contributed by atoms with van der Waals surface area (Å²) < 4.78 is 105. The first kappa shape index (κ1) is 36.2. The van der Waals surface area contributed by atoms with E-state index in [0.717, 1.165) is 6.07 Å². The van der Waals surface area contributed by atoms with Gasteiger partial charge >= 0.3 is 88.7 Å². The second-order valence-corrected chi connectivity index (χ2v) is 11.0. The molecule has 0 fully saturated rings. The third-order valence-corrected chi connectivity index (χ3v) is 7.26. The van der Waals surface area contributed by atoms with E-state index in [1.807, 2.05) is 0 Å². The van der Waals surface area contributed by atoms with Gasteiger partial charge in [0.15, 0.2) is 0 Å². The summed E-state index contributed by atoms with van der Waals surface area (Å²) in [7, 11) is -16.3. The summed E-state index contributed by atoms with van der Waals surface area (Å²) in [6.45, 7) is 0. The summed E-state index contributed by atoms with van der Waals surface area (Å²) in [5.74, 6) is -0.910. The molecule has 0 radical (unpaired) electrons. The summed E-state index contributed by atoms with van der Waals surface area (Å²) in [4.78, 5) is 8.89. The van der Waals surface area contributed by atoms with Gasteiger partial charge in [0.05, 0.1) is 31.1 Å². The van der Waals surface area contributed by atoms with Gasteiger partial charge < -0.3 is 24.7 Å². The molecule has 0 aromatic heterocycles. The number of anilines is 2. The summed E-state index contributed by atoms with van der Waals surface area (Å²) >= 11 is 5.79. The minimum absolute atomic E-state index is 0. The quantitative estimate of drug-likeness (QED) is 0.158. The van der Waals surface area contributed by atoms with Crippen LogP contribution in [0.3, 0.4) is 0 Å². The Bertz CT molecular complexity index is 1660. The molecular weight excluding hydrogens is 593 g/mol. The standard InChI is InChI=1S/C17H13ClN2O10S3.3Na/c18-11-2-1-8(5-12(11)19)17(21)20-13-3-4-14(32(25,26)27)10-6-9(31(22,23)24)7-15(16(10)13)33(28,29)30;;;/h1-7H,19H2,(H,20,21)(H,22,23,24)(H,25,26,27)(H,28,29,30);;;/q;3*+1/p-3. The number of rotatable bonds is 5. The van der Waals surface area contributed by atoms with Crippen LogP contribution in [0.5, 0.6) is 0 Å². The van der Waals surface area contributed by atoms with E-state index < -0.39 is 67.4 Å². The Hall–Kier alpha value is 0.210. The van der Waals surface area contributed by atoms with Crippen molar-refractivity contribution < 1.29 is 132 Å². The second-order valence-electron chi connectivity index (χ2n) is 6.51. The van der Waals surface area contributed by atoms with Crippen LogP contribution in [0.2, 0.25) is 5.02 Å². The zero-order chi connectivity index (χ0) is 24.9. The van der Waals surface area contributed by atoms with Crippen LogP contribution >= 0.6 is 11.6 Å².